The second kappa shape index (κ2) is 10.6. The zero-order valence-corrected chi connectivity index (χ0v) is 17.1. The Bertz CT molecular complexity index is 907. The topological polar surface area (TPSA) is 102 Å². The molecule has 2 aromatic rings. The van der Waals surface area contributed by atoms with Crippen LogP contribution in [0.25, 0.3) is 0 Å². The first kappa shape index (κ1) is 22.4. The molecule has 0 aliphatic rings. The van der Waals surface area contributed by atoms with E-state index >= 15 is 0 Å². The Kier molecular flexibility index (Phi) is 8.23. The first-order valence-corrected chi connectivity index (χ1v) is 9.45. The number of nitrogens with one attached hydrogen (secondary N) is 1. The molecule has 29 heavy (non-hydrogen) atoms. The number of non-ortho nitro benzene ring substituents is 1. The Morgan fingerprint density at radius 3 is 2.66 bits per heavy atom. The average Bonchev–Trinajstić information content (AvgIpc) is 2.68. The average molecular weight is 440 g/mol. The molecule has 0 saturated heterocycles. The maximum absolute atomic E-state index is 12.5. The third kappa shape index (κ3) is 6.92. The first-order chi connectivity index (χ1) is 13.8. The summed E-state index contributed by atoms with van der Waals surface area (Å²) in [5.74, 6) is -0.670. The molecule has 0 radical (unpaired) electrons. The molecule has 2 aromatic carbocycles. The predicted octanol–water partition coefficient (Wildman–Crippen LogP) is 4.16. The summed E-state index contributed by atoms with van der Waals surface area (Å²) < 4.78 is 5.35. The van der Waals surface area contributed by atoms with Crippen molar-refractivity contribution in [1.82, 2.24) is 4.90 Å². The maximum atomic E-state index is 12.5. The van der Waals surface area contributed by atoms with Gasteiger partial charge in [0.05, 0.1) is 28.2 Å². The number of carbonyl (C=O) groups excluding carboxylic acids is 2. The van der Waals surface area contributed by atoms with E-state index in [1.807, 2.05) is 6.92 Å². The summed E-state index contributed by atoms with van der Waals surface area (Å²) in [7, 11) is 0. The third-order valence-corrected chi connectivity index (χ3v) is 4.34. The molecule has 0 aliphatic carbocycles. The molecule has 0 heterocycles. The molecule has 1 N–H and O–H groups in total. The number of nitrogens with zero attached hydrogens (tertiary/aromatic N) is 2. The Labute approximate surface area is 177 Å². The van der Waals surface area contributed by atoms with Crippen molar-refractivity contribution in [3.05, 3.63) is 62.6 Å². The van der Waals surface area contributed by atoms with Crippen LogP contribution >= 0.6 is 23.2 Å². The largest absolute Gasteiger partial charge is 0.484 e. The minimum Gasteiger partial charge on any atom is -0.484 e. The van der Waals surface area contributed by atoms with Gasteiger partial charge in [0.1, 0.15) is 5.75 Å². The summed E-state index contributed by atoms with van der Waals surface area (Å²) in [6.07, 6.45) is 0.633. The number of amides is 2. The van der Waals surface area contributed by atoms with Gasteiger partial charge in [-0.3, -0.25) is 19.7 Å². The lowest BCUT2D eigenvalue weighted by Crippen LogP contribution is -2.41. The van der Waals surface area contributed by atoms with E-state index in [-0.39, 0.29) is 24.6 Å². The van der Waals surface area contributed by atoms with Gasteiger partial charge in [-0.2, -0.15) is 0 Å². The Morgan fingerprint density at radius 1 is 1.21 bits per heavy atom. The minimum absolute atomic E-state index is 0.141. The molecule has 154 valence electrons. The number of halogens is 2. The van der Waals surface area contributed by atoms with Gasteiger partial charge < -0.3 is 15.0 Å². The second-order valence-electron chi connectivity index (χ2n) is 6.03. The van der Waals surface area contributed by atoms with Gasteiger partial charge in [-0.15, -0.1) is 0 Å². The van der Waals surface area contributed by atoms with Crippen molar-refractivity contribution in [1.29, 1.82) is 0 Å². The van der Waals surface area contributed by atoms with E-state index < -0.39 is 16.7 Å². The highest BCUT2D eigenvalue weighted by molar-refractivity contribution is 6.35. The van der Waals surface area contributed by atoms with Crippen molar-refractivity contribution in [2.45, 2.75) is 13.3 Å². The highest BCUT2D eigenvalue weighted by Gasteiger charge is 2.18. The van der Waals surface area contributed by atoms with Gasteiger partial charge in [-0.1, -0.05) is 36.2 Å². The number of carbonyl (C=O) groups is 2. The second-order valence-corrected chi connectivity index (χ2v) is 6.87. The zero-order valence-electron chi connectivity index (χ0n) is 15.6. The number of hydrogen-bond donors (Lipinski definition) is 1. The predicted molar refractivity (Wildman–Crippen MR) is 111 cm³/mol. The molecule has 0 saturated carbocycles. The van der Waals surface area contributed by atoms with Gasteiger partial charge in [0, 0.05) is 17.6 Å². The van der Waals surface area contributed by atoms with Crippen molar-refractivity contribution >= 4 is 46.4 Å². The normalized spacial score (nSPS) is 10.3. The molecule has 10 heteroatoms. The molecule has 0 unspecified atom stereocenters. The Morgan fingerprint density at radius 2 is 1.97 bits per heavy atom. The molecule has 2 rings (SSSR count). The lowest BCUT2D eigenvalue weighted by atomic mass is 10.3. The summed E-state index contributed by atoms with van der Waals surface area (Å²) in [6, 6.07) is 10.2. The smallest absolute Gasteiger partial charge is 0.273 e. The Balaban J connectivity index is 1.98. The lowest BCUT2D eigenvalue weighted by Gasteiger charge is -2.22. The molecular weight excluding hydrogens is 421 g/mol. The van der Waals surface area contributed by atoms with Gasteiger partial charge in [0.2, 0.25) is 5.91 Å². The molecule has 8 nitrogen and oxygen atoms in total. The van der Waals surface area contributed by atoms with Crippen LogP contribution < -0.4 is 10.1 Å². The van der Waals surface area contributed by atoms with Crippen molar-refractivity contribution < 1.29 is 19.2 Å². The highest BCUT2D eigenvalue weighted by atomic mass is 35.5. The monoisotopic (exact) mass is 439 g/mol. The van der Waals surface area contributed by atoms with Crippen LogP contribution in [0.1, 0.15) is 13.3 Å². The fourth-order valence-electron chi connectivity index (χ4n) is 2.44. The van der Waals surface area contributed by atoms with Crippen molar-refractivity contribution in [3.8, 4) is 5.75 Å². The van der Waals surface area contributed by atoms with Crippen LogP contribution in [-0.2, 0) is 9.59 Å². The number of anilines is 1. The maximum Gasteiger partial charge on any atom is 0.273 e. The number of rotatable bonds is 9. The molecule has 2 amide bonds. The van der Waals surface area contributed by atoms with Crippen LogP contribution in [0.4, 0.5) is 11.4 Å². The number of nitro benzene ring substituents is 1. The molecule has 0 bridgehead atoms. The third-order valence-electron chi connectivity index (χ3n) is 3.77. The van der Waals surface area contributed by atoms with E-state index in [4.69, 9.17) is 27.9 Å². The van der Waals surface area contributed by atoms with E-state index in [0.717, 1.165) is 0 Å². The van der Waals surface area contributed by atoms with Crippen LogP contribution in [0.15, 0.2) is 42.5 Å². The highest BCUT2D eigenvalue weighted by Crippen LogP contribution is 2.25. The number of hydrogen-bond acceptors (Lipinski definition) is 5. The van der Waals surface area contributed by atoms with Crippen LogP contribution in [0.3, 0.4) is 0 Å². The fourth-order valence-corrected chi connectivity index (χ4v) is 2.78. The van der Waals surface area contributed by atoms with E-state index in [1.165, 1.54) is 35.2 Å². The van der Waals surface area contributed by atoms with Crippen LogP contribution in [0, 0.1) is 10.1 Å². The molecule has 0 atom stereocenters. The zero-order chi connectivity index (χ0) is 21.4. The van der Waals surface area contributed by atoms with Crippen molar-refractivity contribution in [2.75, 3.05) is 25.0 Å². The van der Waals surface area contributed by atoms with Crippen LogP contribution in [-0.4, -0.2) is 41.3 Å². The lowest BCUT2D eigenvalue weighted by molar-refractivity contribution is -0.384. The Hall–Kier alpha value is -2.84. The van der Waals surface area contributed by atoms with Crippen LogP contribution in [0.2, 0.25) is 10.0 Å². The standard InChI is InChI=1S/C19H19Cl2N3O5/c1-2-8-23(11-18(25)22-17-9-13(20)6-7-16(17)21)19(26)12-29-15-5-3-4-14(10-15)24(27)28/h3-7,9-10H,2,8,11-12H2,1H3,(H,22,25). The van der Waals surface area contributed by atoms with E-state index in [2.05, 4.69) is 5.32 Å². The molecule has 0 aliphatic heterocycles. The summed E-state index contributed by atoms with van der Waals surface area (Å²) in [4.78, 5) is 36.4. The van der Waals surface area contributed by atoms with Gasteiger partial charge in [0.25, 0.3) is 11.6 Å². The van der Waals surface area contributed by atoms with E-state index in [9.17, 15) is 19.7 Å². The number of benzene rings is 2. The summed E-state index contributed by atoms with van der Waals surface area (Å²) in [5.41, 5.74) is 0.207. The molecule has 0 aromatic heterocycles. The SMILES string of the molecule is CCCN(CC(=O)Nc1cc(Cl)ccc1Cl)C(=O)COc1cccc([N+](=O)[O-])c1. The van der Waals surface area contributed by atoms with Gasteiger partial charge in [-0.25, -0.2) is 0 Å². The molecular formula is C19H19Cl2N3O5. The number of nitro groups is 1. The summed E-state index contributed by atoms with van der Waals surface area (Å²) >= 11 is 11.9. The molecule has 0 fully saturated rings. The quantitative estimate of drug-likeness (QED) is 0.466. The van der Waals surface area contributed by atoms with Crippen molar-refractivity contribution in [2.24, 2.45) is 0 Å². The minimum atomic E-state index is -0.552. The fraction of sp³-hybridized carbons (Fsp3) is 0.263. The van der Waals surface area contributed by atoms with Gasteiger partial charge in [-0.05, 0) is 30.7 Å². The van der Waals surface area contributed by atoms with Gasteiger partial charge in [0.15, 0.2) is 6.61 Å². The van der Waals surface area contributed by atoms with Crippen LogP contribution in [0.5, 0.6) is 5.75 Å². The van der Waals surface area contributed by atoms with E-state index in [0.29, 0.717) is 28.7 Å². The van der Waals surface area contributed by atoms with Crippen molar-refractivity contribution in [3.63, 3.8) is 0 Å². The van der Waals surface area contributed by atoms with E-state index in [1.54, 1.807) is 12.1 Å². The summed E-state index contributed by atoms with van der Waals surface area (Å²) in [5, 5.41) is 14.2. The molecule has 0 spiro atoms. The first-order valence-electron chi connectivity index (χ1n) is 8.70. The number of ether oxygens (including phenoxy) is 1. The summed E-state index contributed by atoms with van der Waals surface area (Å²) in [6.45, 7) is 1.65. The van der Waals surface area contributed by atoms with Gasteiger partial charge >= 0.3 is 0 Å².